The van der Waals surface area contributed by atoms with E-state index in [-0.39, 0.29) is 11.9 Å². The first-order valence-electron chi connectivity index (χ1n) is 11.3. The number of rotatable bonds is 6. The number of H-pyrrole nitrogens is 1. The van der Waals surface area contributed by atoms with Crippen molar-refractivity contribution in [3.05, 3.63) is 84.3 Å². The van der Waals surface area contributed by atoms with Gasteiger partial charge in [-0.1, -0.05) is 36.4 Å². The predicted octanol–water partition coefficient (Wildman–Crippen LogP) is 3.64. The van der Waals surface area contributed by atoms with Gasteiger partial charge in [-0.3, -0.25) is 9.48 Å². The molecule has 1 aliphatic heterocycles. The molecule has 1 unspecified atom stereocenters. The lowest BCUT2D eigenvalue weighted by Crippen LogP contribution is -2.43. The summed E-state index contributed by atoms with van der Waals surface area (Å²) >= 11 is 0. The molecule has 5 rings (SSSR count). The number of nitrogens with one attached hydrogen (secondary N) is 2. The predicted molar refractivity (Wildman–Crippen MR) is 129 cm³/mol. The Morgan fingerprint density at radius 3 is 2.88 bits per heavy atom. The monoisotopic (exact) mass is 459 g/mol. The van der Waals surface area contributed by atoms with E-state index >= 15 is 0 Å². The van der Waals surface area contributed by atoms with Crippen LogP contribution in [-0.4, -0.2) is 44.8 Å². The van der Waals surface area contributed by atoms with Gasteiger partial charge in [-0.05, 0) is 30.5 Å². The van der Waals surface area contributed by atoms with Crippen molar-refractivity contribution in [2.24, 2.45) is 5.73 Å². The Labute approximate surface area is 196 Å². The van der Waals surface area contributed by atoms with Gasteiger partial charge in [0.25, 0.3) is 5.91 Å². The van der Waals surface area contributed by atoms with E-state index in [9.17, 15) is 9.18 Å². The normalized spacial score (nSPS) is 15.9. The fraction of sp³-hybridized carbons (Fsp3) is 0.240. The number of hydrogen-bond acceptors (Lipinski definition) is 5. The van der Waals surface area contributed by atoms with E-state index in [1.807, 2.05) is 46.1 Å². The van der Waals surface area contributed by atoms with Crippen molar-refractivity contribution in [2.75, 3.05) is 23.3 Å². The van der Waals surface area contributed by atoms with Gasteiger partial charge in [0, 0.05) is 37.1 Å². The highest BCUT2D eigenvalue weighted by molar-refractivity contribution is 6.04. The number of nitrogens with two attached hydrogens (primary N) is 1. The summed E-state index contributed by atoms with van der Waals surface area (Å²) in [6.07, 6.45) is 7.04. The highest BCUT2D eigenvalue weighted by Crippen LogP contribution is 2.31. The van der Waals surface area contributed by atoms with Crippen molar-refractivity contribution in [3.63, 3.8) is 0 Å². The summed E-state index contributed by atoms with van der Waals surface area (Å²) in [5.74, 6) is -0.703. The number of benzene rings is 2. The fourth-order valence-corrected chi connectivity index (χ4v) is 4.27. The first-order valence-corrected chi connectivity index (χ1v) is 11.3. The van der Waals surface area contributed by atoms with E-state index < -0.39 is 11.7 Å². The Kier molecular flexibility index (Phi) is 6.09. The van der Waals surface area contributed by atoms with Crippen LogP contribution >= 0.6 is 0 Å². The van der Waals surface area contributed by atoms with Crippen LogP contribution in [0.1, 0.15) is 29.0 Å². The molecule has 4 aromatic rings. The van der Waals surface area contributed by atoms with Gasteiger partial charge in [0.2, 0.25) is 0 Å². The molecule has 3 heterocycles. The lowest BCUT2D eigenvalue weighted by atomic mass is 10.1. The molecule has 1 amide bonds. The maximum atomic E-state index is 14.7. The molecule has 2 aromatic carbocycles. The summed E-state index contributed by atoms with van der Waals surface area (Å²) in [5.41, 5.74) is 9.37. The van der Waals surface area contributed by atoms with Gasteiger partial charge in [0.15, 0.2) is 5.82 Å². The van der Waals surface area contributed by atoms with E-state index in [1.165, 1.54) is 6.07 Å². The maximum absolute atomic E-state index is 14.7. The van der Waals surface area contributed by atoms with Crippen molar-refractivity contribution in [1.29, 1.82) is 0 Å². The fourth-order valence-electron chi connectivity index (χ4n) is 4.27. The Morgan fingerprint density at radius 2 is 2.06 bits per heavy atom. The molecular formula is C25H26FN7O. The third kappa shape index (κ3) is 4.69. The maximum Gasteiger partial charge on any atom is 0.291 e. The van der Waals surface area contributed by atoms with E-state index in [0.29, 0.717) is 36.7 Å². The van der Waals surface area contributed by atoms with Crippen LogP contribution < -0.4 is 16.0 Å². The molecule has 1 saturated heterocycles. The number of carbonyl (C=O) groups excluding carboxylic acids is 1. The van der Waals surface area contributed by atoms with Gasteiger partial charge in [-0.15, -0.1) is 0 Å². The standard InChI is InChI=1S/C25H26FN7O/c26-20-9-4-10-21(23(20)32-11-5-8-19(27)16-32)31-25(34)24-28-13-22(30-24)18-12-29-33(15-18)14-17-6-2-1-3-7-17/h1-4,6-7,9-10,12-13,15,19H,5,8,11,14,16,27H2,(H,28,30)(H,31,34). The average molecular weight is 460 g/mol. The van der Waals surface area contributed by atoms with E-state index in [4.69, 9.17) is 5.73 Å². The number of piperidine rings is 1. The number of anilines is 2. The van der Waals surface area contributed by atoms with Crippen molar-refractivity contribution < 1.29 is 9.18 Å². The van der Waals surface area contributed by atoms with Crippen LogP contribution in [0.15, 0.2) is 67.1 Å². The van der Waals surface area contributed by atoms with Crippen LogP contribution in [0.4, 0.5) is 15.8 Å². The summed E-state index contributed by atoms with van der Waals surface area (Å²) in [4.78, 5) is 22.2. The first-order chi connectivity index (χ1) is 16.6. The van der Waals surface area contributed by atoms with Crippen molar-refractivity contribution in [3.8, 4) is 11.3 Å². The molecule has 0 spiro atoms. The van der Waals surface area contributed by atoms with Crippen LogP contribution in [-0.2, 0) is 6.54 Å². The van der Waals surface area contributed by atoms with Crippen molar-refractivity contribution in [2.45, 2.75) is 25.4 Å². The molecule has 34 heavy (non-hydrogen) atoms. The lowest BCUT2D eigenvalue weighted by molar-refractivity contribution is 0.101. The zero-order valence-corrected chi connectivity index (χ0v) is 18.6. The minimum Gasteiger partial charge on any atom is -0.366 e. The summed E-state index contributed by atoms with van der Waals surface area (Å²) in [5, 5.41) is 7.20. The second kappa shape index (κ2) is 9.48. The topological polar surface area (TPSA) is 105 Å². The number of nitrogens with zero attached hydrogens (tertiary/aromatic N) is 4. The molecule has 1 aliphatic rings. The minimum absolute atomic E-state index is 0.0210. The third-order valence-corrected chi connectivity index (χ3v) is 5.92. The average Bonchev–Trinajstić information content (AvgIpc) is 3.50. The highest BCUT2D eigenvalue weighted by Gasteiger charge is 2.23. The van der Waals surface area contributed by atoms with Crippen LogP contribution in [0.2, 0.25) is 0 Å². The number of amides is 1. The number of para-hydroxylation sites is 1. The molecular weight excluding hydrogens is 433 g/mol. The zero-order chi connectivity index (χ0) is 23.5. The summed E-state index contributed by atoms with van der Waals surface area (Å²) in [6, 6.07) is 14.7. The Morgan fingerprint density at radius 1 is 1.21 bits per heavy atom. The van der Waals surface area contributed by atoms with Gasteiger partial charge >= 0.3 is 0 Å². The summed E-state index contributed by atoms with van der Waals surface area (Å²) in [7, 11) is 0. The van der Waals surface area contributed by atoms with Crippen LogP contribution in [0.3, 0.4) is 0 Å². The van der Waals surface area contributed by atoms with Gasteiger partial charge in [0.1, 0.15) is 5.82 Å². The molecule has 0 saturated carbocycles. The minimum atomic E-state index is -0.448. The molecule has 4 N–H and O–H groups in total. The number of aromatic nitrogens is 4. The lowest BCUT2D eigenvalue weighted by Gasteiger charge is -2.34. The second-order valence-electron chi connectivity index (χ2n) is 8.48. The SMILES string of the molecule is NC1CCCN(c2c(F)cccc2NC(=O)c2nc(-c3cnn(Cc4ccccc4)c3)c[nH]2)C1. The molecule has 9 heteroatoms. The molecule has 0 aliphatic carbocycles. The number of aromatic amines is 1. The molecule has 2 aromatic heterocycles. The molecule has 1 atom stereocenters. The first kappa shape index (κ1) is 21.8. The van der Waals surface area contributed by atoms with E-state index in [1.54, 1.807) is 24.5 Å². The summed E-state index contributed by atoms with van der Waals surface area (Å²) in [6.45, 7) is 1.87. The molecule has 0 radical (unpaired) electrons. The van der Waals surface area contributed by atoms with Crippen LogP contribution in [0, 0.1) is 5.82 Å². The highest BCUT2D eigenvalue weighted by atomic mass is 19.1. The van der Waals surface area contributed by atoms with Crippen LogP contribution in [0.25, 0.3) is 11.3 Å². The third-order valence-electron chi connectivity index (χ3n) is 5.92. The summed E-state index contributed by atoms with van der Waals surface area (Å²) < 4.78 is 16.6. The number of hydrogen-bond donors (Lipinski definition) is 3. The van der Waals surface area contributed by atoms with Gasteiger partial charge in [-0.25, -0.2) is 9.37 Å². The van der Waals surface area contributed by atoms with Crippen molar-refractivity contribution in [1.82, 2.24) is 19.7 Å². The zero-order valence-electron chi connectivity index (χ0n) is 18.6. The van der Waals surface area contributed by atoms with E-state index in [0.717, 1.165) is 24.0 Å². The Hall–Kier alpha value is -3.98. The van der Waals surface area contributed by atoms with Gasteiger partial charge in [0.05, 0.1) is 29.8 Å². The number of halogens is 1. The molecule has 0 bridgehead atoms. The Balaban J connectivity index is 1.31. The molecule has 1 fully saturated rings. The molecule has 174 valence electrons. The Bertz CT molecular complexity index is 1280. The van der Waals surface area contributed by atoms with Gasteiger partial charge < -0.3 is 20.9 Å². The van der Waals surface area contributed by atoms with Crippen LogP contribution in [0.5, 0.6) is 0 Å². The largest absolute Gasteiger partial charge is 0.366 e. The number of imidazole rings is 1. The van der Waals surface area contributed by atoms with Crippen molar-refractivity contribution >= 4 is 17.3 Å². The quantitative estimate of drug-likeness (QED) is 0.408. The smallest absolute Gasteiger partial charge is 0.291 e. The molecule has 8 nitrogen and oxygen atoms in total. The second-order valence-corrected chi connectivity index (χ2v) is 8.48. The van der Waals surface area contributed by atoms with Gasteiger partial charge in [-0.2, -0.15) is 5.10 Å². The number of carbonyl (C=O) groups is 1. The van der Waals surface area contributed by atoms with E-state index in [2.05, 4.69) is 20.4 Å².